The van der Waals surface area contributed by atoms with Crippen molar-refractivity contribution in [2.24, 2.45) is 0 Å². The molecule has 1 aliphatic heterocycles. The van der Waals surface area contributed by atoms with Crippen LogP contribution in [0.1, 0.15) is 37.4 Å². The van der Waals surface area contributed by atoms with Crippen molar-refractivity contribution < 1.29 is 9.53 Å². The van der Waals surface area contributed by atoms with E-state index in [2.05, 4.69) is 27.9 Å². The number of amides is 1. The zero-order chi connectivity index (χ0) is 17.8. The third-order valence-corrected chi connectivity index (χ3v) is 4.78. The minimum Gasteiger partial charge on any atom is -0.384 e. The number of anilines is 1. The van der Waals surface area contributed by atoms with Crippen molar-refractivity contribution in [3.05, 3.63) is 35.8 Å². The number of carbonyl (C=O) groups is 1. The van der Waals surface area contributed by atoms with Crippen LogP contribution < -0.4 is 5.32 Å². The molecular weight excluding hydrogens is 316 g/mol. The van der Waals surface area contributed by atoms with Crippen LogP contribution in [0.2, 0.25) is 0 Å². The third-order valence-electron chi connectivity index (χ3n) is 4.78. The number of fused-ring (bicyclic) bond motifs is 1. The summed E-state index contributed by atoms with van der Waals surface area (Å²) in [6.45, 7) is 7.70. The van der Waals surface area contributed by atoms with E-state index in [1.807, 2.05) is 4.90 Å². The van der Waals surface area contributed by atoms with Crippen LogP contribution in [0.4, 0.5) is 5.82 Å². The molecule has 1 amide bonds. The lowest BCUT2D eigenvalue weighted by Crippen LogP contribution is -2.45. The van der Waals surface area contributed by atoms with Crippen molar-refractivity contribution in [1.29, 1.82) is 0 Å². The van der Waals surface area contributed by atoms with E-state index in [1.165, 1.54) is 5.57 Å². The fourth-order valence-corrected chi connectivity index (χ4v) is 3.53. The lowest BCUT2D eigenvalue weighted by Gasteiger charge is -2.34. The molecule has 3 rings (SSSR count). The summed E-state index contributed by atoms with van der Waals surface area (Å²) < 4.78 is 5.22. The number of allylic oxidation sites excluding steroid dienone is 1. The maximum atomic E-state index is 12.2. The molecule has 1 aromatic heterocycles. The monoisotopic (exact) mass is 342 g/mol. The molecule has 1 saturated heterocycles. The van der Waals surface area contributed by atoms with E-state index in [9.17, 15) is 4.79 Å². The highest BCUT2D eigenvalue weighted by Gasteiger charge is 2.26. The summed E-state index contributed by atoms with van der Waals surface area (Å²) in [5.41, 5.74) is 4.01. The Hall–Kier alpha value is -2.21. The van der Waals surface area contributed by atoms with Crippen molar-refractivity contribution in [2.45, 2.75) is 38.6 Å². The van der Waals surface area contributed by atoms with Crippen molar-refractivity contribution in [1.82, 2.24) is 14.9 Å². The van der Waals surface area contributed by atoms with E-state index >= 15 is 0 Å². The molecule has 25 heavy (non-hydrogen) atoms. The minimum absolute atomic E-state index is 0.0418. The smallest absolute Gasteiger partial charge is 0.248 e. The molecule has 0 aromatic carbocycles. The largest absolute Gasteiger partial charge is 0.384 e. The van der Waals surface area contributed by atoms with Crippen molar-refractivity contribution in [3.8, 4) is 0 Å². The molecule has 0 saturated carbocycles. The molecule has 0 unspecified atom stereocenters. The number of hydrogen-bond acceptors (Lipinski definition) is 5. The quantitative estimate of drug-likeness (QED) is 0.804. The normalized spacial score (nSPS) is 19.4. The third kappa shape index (κ3) is 3.90. The predicted octanol–water partition coefficient (Wildman–Crippen LogP) is 2.43. The first-order valence-corrected chi connectivity index (χ1v) is 8.83. The van der Waals surface area contributed by atoms with Gasteiger partial charge in [0, 0.05) is 43.8 Å². The Labute approximate surface area is 149 Å². The lowest BCUT2D eigenvalue weighted by atomic mass is 10.0. The number of piperidine rings is 1. The molecule has 0 spiro atoms. The van der Waals surface area contributed by atoms with Gasteiger partial charge in [-0.2, -0.15) is 0 Å². The van der Waals surface area contributed by atoms with Gasteiger partial charge in [-0.25, -0.2) is 9.97 Å². The molecule has 0 bridgehead atoms. The van der Waals surface area contributed by atoms with Gasteiger partial charge in [-0.15, -0.1) is 0 Å². The number of carbonyl (C=O) groups excluding carboxylic acids is 1. The van der Waals surface area contributed by atoms with Crippen LogP contribution in [0.15, 0.2) is 24.6 Å². The zero-order valence-corrected chi connectivity index (χ0v) is 15.0. The Bertz CT molecular complexity index is 699. The second-order valence-corrected chi connectivity index (χ2v) is 6.74. The van der Waals surface area contributed by atoms with E-state index in [4.69, 9.17) is 4.74 Å². The first-order valence-electron chi connectivity index (χ1n) is 8.83. The van der Waals surface area contributed by atoms with Crippen LogP contribution in [0, 0.1) is 0 Å². The summed E-state index contributed by atoms with van der Waals surface area (Å²) in [5.74, 6) is 0.916. The number of hydrogen-bond donors (Lipinski definition) is 1. The Kier molecular flexibility index (Phi) is 5.48. The van der Waals surface area contributed by atoms with Gasteiger partial charge in [0.05, 0.1) is 12.3 Å². The first kappa shape index (κ1) is 17.6. The summed E-state index contributed by atoms with van der Waals surface area (Å²) in [6, 6.07) is 0.195. The highest BCUT2D eigenvalue weighted by Crippen LogP contribution is 2.33. The lowest BCUT2D eigenvalue weighted by molar-refractivity contribution is -0.128. The highest BCUT2D eigenvalue weighted by molar-refractivity contribution is 5.92. The number of nitrogens with one attached hydrogen (secondary N) is 1. The van der Waals surface area contributed by atoms with E-state index in [0.29, 0.717) is 18.7 Å². The van der Waals surface area contributed by atoms with Gasteiger partial charge < -0.3 is 15.0 Å². The van der Waals surface area contributed by atoms with Crippen LogP contribution >= 0.6 is 0 Å². The SMILES string of the molecule is C=C(C)C(=O)N1CCC[C@@H](Nc2ncnc3c2C(CCOC)=CC3)C1. The van der Waals surface area contributed by atoms with E-state index in [1.54, 1.807) is 20.4 Å². The summed E-state index contributed by atoms with van der Waals surface area (Å²) in [4.78, 5) is 23.0. The minimum atomic E-state index is 0.0418. The predicted molar refractivity (Wildman–Crippen MR) is 98.2 cm³/mol. The van der Waals surface area contributed by atoms with Crippen LogP contribution in [-0.4, -0.2) is 53.6 Å². The molecule has 2 aliphatic rings. The van der Waals surface area contributed by atoms with Crippen molar-refractivity contribution in [3.63, 3.8) is 0 Å². The van der Waals surface area contributed by atoms with Crippen molar-refractivity contribution in [2.75, 3.05) is 32.1 Å². The molecule has 6 nitrogen and oxygen atoms in total. The Morgan fingerprint density at radius 1 is 1.48 bits per heavy atom. The van der Waals surface area contributed by atoms with Gasteiger partial charge in [0.15, 0.2) is 0 Å². The fourth-order valence-electron chi connectivity index (χ4n) is 3.53. The van der Waals surface area contributed by atoms with E-state index in [0.717, 1.165) is 49.3 Å². The summed E-state index contributed by atoms with van der Waals surface area (Å²) in [6.07, 6.45) is 7.54. The van der Waals surface area contributed by atoms with Gasteiger partial charge in [-0.05, 0) is 31.8 Å². The van der Waals surface area contributed by atoms with Gasteiger partial charge in [0.2, 0.25) is 5.91 Å². The molecule has 134 valence electrons. The molecule has 6 heteroatoms. The van der Waals surface area contributed by atoms with Crippen LogP contribution in [-0.2, 0) is 16.0 Å². The Morgan fingerprint density at radius 3 is 3.08 bits per heavy atom. The van der Waals surface area contributed by atoms with E-state index < -0.39 is 0 Å². The molecule has 1 aliphatic carbocycles. The number of ether oxygens (including phenoxy) is 1. The average molecular weight is 342 g/mol. The number of methoxy groups -OCH3 is 1. The Morgan fingerprint density at radius 2 is 2.32 bits per heavy atom. The highest BCUT2D eigenvalue weighted by atomic mass is 16.5. The zero-order valence-electron chi connectivity index (χ0n) is 15.0. The molecule has 1 atom stereocenters. The molecule has 2 heterocycles. The molecule has 1 fully saturated rings. The maximum absolute atomic E-state index is 12.2. The van der Waals surface area contributed by atoms with Gasteiger partial charge in [-0.3, -0.25) is 4.79 Å². The molecule has 0 radical (unpaired) electrons. The topological polar surface area (TPSA) is 67.4 Å². The van der Waals surface area contributed by atoms with E-state index in [-0.39, 0.29) is 11.9 Å². The second kappa shape index (κ2) is 7.78. The summed E-state index contributed by atoms with van der Waals surface area (Å²) in [5, 5.41) is 3.56. The van der Waals surface area contributed by atoms with Gasteiger partial charge in [-0.1, -0.05) is 12.7 Å². The fraction of sp³-hybridized carbons (Fsp3) is 0.526. The molecule has 1 aromatic rings. The number of likely N-dealkylation sites (tertiary alicyclic amines) is 1. The molecular formula is C19H26N4O2. The summed E-state index contributed by atoms with van der Waals surface area (Å²) in [7, 11) is 1.71. The van der Waals surface area contributed by atoms with Crippen molar-refractivity contribution >= 4 is 17.3 Å². The van der Waals surface area contributed by atoms with Crippen LogP contribution in [0.3, 0.4) is 0 Å². The first-order chi connectivity index (χ1) is 12.1. The number of nitrogens with zero attached hydrogens (tertiary/aromatic N) is 3. The van der Waals surface area contributed by atoms with Crippen LogP contribution in [0.25, 0.3) is 5.57 Å². The average Bonchev–Trinajstić information content (AvgIpc) is 3.03. The van der Waals surface area contributed by atoms with Gasteiger partial charge in [0.1, 0.15) is 12.1 Å². The second-order valence-electron chi connectivity index (χ2n) is 6.74. The van der Waals surface area contributed by atoms with Crippen LogP contribution in [0.5, 0.6) is 0 Å². The number of rotatable bonds is 6. The van der Waals surface area contributed by atoms with Gasteiger partial charge >= 0.3 is 0 Å². The Balaban J connectivity index is 1.73. The standard InChI is InChI=1S/C19H26N4O2/c1-13(2)19(24)23-9-4-5-15(11-23)22-18-17-14(8-10-25-3)6-7-16(17)20-12-21-18/h6,12,15H,1,4-5,7-11H2,2-3H3,(H,20,21,22)/t15-/m1/s1. The number of aromatic nitrogens is 2. The maximum Gasteiger partial charge on any atom is 0.248 e. The van der Waals surface area contributed by atoms with Gasteiger partial charge in [0.25, 0.3) is 0 Å². The molecule has 1 N–H and O–H groups in total. The summed E-state index contributed by atoms with van der Waals surface area (Å²) >= 11 is 0.